The predicted molar refractivity (Wildman–Crippen MR) is 39.0 cm³/mol. The zero-order chi connectivity index (χ0) is 7.28. The Morgan fingerprint density at radius 2 is 2.11 bits per heavy atom. The van der Waals surface area contributed by atoms with Gasteiger partial charge in [-0.15, -0.1) is 0 Å². The van der Waals surface area contributed by atoms with Crippen molar-refractivity contribution in [3.8, 4) is 0 Å². The fraction of sp³-hybridized carbons (Fsp3) is 0.333. The second-order valence-corrected chi connectivity index (χ2v) is 1.79. The van der Waals surface area contributed by atoms with Crippen molar-refractivity contribution in [2.75, 3.05) is 7.05 Å². The lowest BCUT2D eigenvalue weighted by molar-refractivity contribution is 0.481. The molecule has 0 amide bonds. The summed E-state index contributed by atoms with van der Waals surface area (Å²) >= 11 is 0. The molecule has 0 rings (SSSR count). The Labute approximate surface area is 55.6 Å². The van der Waals surface area contributed by atoms with Crippen LogP contribution in [-0.4, -0.2) is 12.1 Å². The Morgan fingerprint density at radius 1 is 1.56 bits per heavy atom. The van der Waals surface area contributed by atoms with E-state index in [1.165, 1.54) is 5.01 Å². The van der Waals surface area contributed by atoms with E-state index in [0.717, 1.165) is 0 Å². The Kier molecular flexibility index (Phi) is 3.55. The van der Waals surface area contributed by atoms with Gasteiger partial charge < -0.3 is 10.7 Å². The van der Waals surface area contributed by atoms with Gasteiger partial charge in [0.1, 0.15) is 0 Å². The van der Waals surface area contributed by atoms with E-state index in [1.54, 1.807) is 19.3 Å². The van der Waals surface area contributed by atoms with Crippen LogP contribution in [-0.2, 0) is 0 Å². The smallest absolute Gasteiger partial charge is 0.0487 e. The molecule has 0 atom stereocenters. The third-order valence-corrected chi connectivity index (χ3v) is 0.712. The van der Waals surface area contributed by atoms with Crippen molar-refractivity contribution >= 4 is 0 Å². The highest BCUT2D eigenvalue weighted by molar-refractivity contribution is 5.12. The largest absolute Gasteiger partial charge is 0.398 e. The van der Waals surface area contributed by atoms with Crippen molar-refractivity contribution in [2.45, 2.75) is 6.92 Å². The first-order valence-electron chi connectivity index (χ1n) is 2.74. The number of hydrogen-bond acceptors (Lipinski definition) is 3. The summed E-state index contributed by atoms with van der Waals surface area (Å²) in [6.07, 6.45) is 5.28. The molecule has 52 valence electrons. The molecular weight excluding hydrogens is 114 g/mol. The lowest BCUT2D eigenvalue weighted by atomic mass is 10.4. The third-order valence-electron chi connectivity index (χ3n) is 0.712. The molecule has 0 heterocycles. The minimum Gasteiger partial charge on any atom is -0.398 e. The van der Waals surface area contributed by atoms with Crippen LogP contribution in [0.5, 0.6) is 0 Å². The van der Waals surface area contributed by atoms with Crippen molar-refractivity contribution in [1.29, 1.82) is 0 Å². The zero-order valence-corrected chi connectivity index (χ0v) is 5.83. The molecule has 3 nitrogen and oxygen atoms in total. The first-order chi connectivity index (χ1) is 4.16. The number of allylic oxidation sites excluding steroid dienone is 2. The summed E-state index contributed by atoms with van der Waals surface area (Å²) in [4.78, 5) is 0. The van der Waals surface area contributed by atoms with E-state index in [1.807, 2.05) is 13.0 Å². The Hall–Kier alpha value is -0.960. The van der Waals surface area contributed by atoms with Gasteiger partial charge in [-0.3, -0.25) is 0 Å². The van der Waals surface area contributed by atoms with Crippen LogP contribution in [0.25, 0.3) is 0 Å². The maximum absolute atomic E-state index is 5.44. The Morgan fingerprint density at radius 3 is 2.44 bits per heavy atom. The summed E-state index contributed by atoms with van der Waals surface area (Å²) in [5, 5.41) is 1.41. The molecule has 0 aromatic heterocycles. The van der Waals surface area contributed by atoms with Crippen LogP contribution in [0.1, 0.15) is 6.92 Å². The standard InChI is InChI=1S/C6H13N3/c1-3-4-6(7)5-9(2)8/h3-5H,7-8H2,1-2H3/b4-3-,6-5+. The van der Waals surface area contributed by atoms with Crippen molar-refractivity contribution in [2.24, 2.45) is 11.6 Å². The van der Waals surface area contributed by atoms with Crippen molar-refractivity contribution in [1.82, 2.24) is 5.01 Å². The van der Waals surface area contributed by atoms with Crippen LogP contribution in [0.2, 0.25) is 0 Å². The van der Waals surface area contributed by atoms with E-state index in [4.69, 9.17) is 11.6 Å². The first kappa shape index (κ1) is 8.04. The van der Waals surface area contributed by atoms with Crippen LogP contribution < -0.4 is 11.6 Å². The summed E-state index contributed by atoms with van der Waals surface area (Å²) < 4.78 is 0. The third kappa shape index (κ3) is 4.90. The van der Waals surface area contributed by atoms with Crippen LogP contribution in [0.3, 0.4) is 0 Å². The normalized spacial score (nSPS) is 12.6. The molecule has 3 heteroatoms. The van der Waals surface area contributed by atoms with Gasteiger partial charge in [-0.05, 0) is 13.0 Å². The van der Waals surface area contributed by atoms with E-state index < -0.39 is 0 Å². The highest BCUT2D eigenvalue weighted by Crippen LogP contribution is 1.85. The van der Waals surface area contributed by atoms with Crippen LogP contribution in [0.15, 0.2) is 24.0 Å². The number of nitrogens with two attached hydrogens (primary N) is 2. The second kappa shape index (κ2) is 3.97. The number of hydrazine groups is 1. The van der Waals surface area contributed by atoms with E-state index in [-0.39, 0.29) is 0 Å². The van der Waals surface area contributed by atoms with E-state index in [2.05, 4.69) is 0 Å². The Balaban J connectivity index is 3.84. The quantitative estimate of drug-likeness (QED) is 0.316. The molecule has 0 bridgehead atoms. The molecular formula is C6H13N3. The summed E-state index contributed by atoms with van der Waals surface area (Å²) in [5.74, 6) is 5.27. The van der Waals surface area contributed by atoms with Crippen LogP contribution >= 0.6 is 0 Å². The molecule has 4 N–H and O–H groups in total. The van der Waals surface area contributed by atoms with Gasteiger partial charge in [-0.25, -0.2) is 5.84 Å². The molecule has 9 heavy (non-hydrogen) atoms. The second-order valence-electron chi connectivity index (χ2n) is 1.79. The van der Waals surface area contributed by atoms with Gasteiger partial charge in [-0.1, -0.05) is 6.08 Å². The number of hydrogen-bond donors (Lipinski definition) is 2. The van der Waals surface area contributed by atoms with Gasteiger partial charge >= 0.3 is 0 Å². The molecule has 0 aliphatic heterocycles. The lowest BCUT2D eigenvalue weighted by Crippen LogP contribution is -2.20. The first-order valence-corrected chi connectivity index (χ1v) is 2.74. The molecule has 0 spiro atoms. The fourth-order valence-corrected chi connectivity index (χ4v) is 0.471. The van der Waals surface area contributed by atoms with Gasteiger partial charge in [0.15, 0.2) is 0 Å². The van der Waals surface area contributed by atoms with Crippen molar-refractivity contribution in [3.05, 3.63) is 24.0 Å². The molecule has 0 aromatic carbocycles. The fourth-order valence-electron chi connectivity index (χ4n) is 0.471. The van der Waals surface area contributed by atoms with Crippen molar-refractivity contribution in [3.63, 3.8) is 0 Å². The van der Waals surface area contributed by atoms with Gasteiger partial charge in [0, 0.05) is 18.9 Å². The average molecular weight is 127 g/mol. The maximum Gasteiger partial charge on any atom is 0.0487 e. The maximum atomic E-state index is 5.44. The van der Waals surface area contributed by atoms with Gasteiger partial charge in [0.2, 0.25) is 0 Å². The zero-order valence-electron chi connectivity index (χ0n) is 5.83. The molecule has 0 unspecified atom stereocenters. The van der Waals surface area contributed by atoms with Gasteiger partial charge in [-0.2, -0.15) is 0 Å². The van der Waals surface area contributed by atoms with E-state index >= 15 is 0 Å². The van der Waals surface area contributed by atoms with E-state index in [0.29, 0.717) is 5.70 Å². The van der Waals surface area contributed by atoms with Gasteiger partial charge in [0.25, 0.3) is 0 Å². The summed E-state index contributed by atoms with van der Waals surface area (Å²) in [7, 11) is 1.72. The van der Waals surface area contributed by atoms with Crippen LogP contribution in [0.4, 0.5) is 0 Å². The molecule has 0 aliphatic rings. The molecule has 0 aromatic rings. The highest BCUT2D eigenvalue weighted by atomic mass is 15.4. The monoisotopic (exact) mass is 127 g/mol. The summed E-state index contributed by atoms with van der Waals surface area (Å²) in [5.41, 5.74) is 6.09. The summed E-state index contributed by atoms with van der Waals surface area (Å²) in [6.45, 7) is 1.90. The van der Waals surface area contributed by atoms with Crippen LogP contribution in [0, 0.1) is 0 Å². The summed E-state index contributed by atoms with van der Waals surface area (Å²) in [6, 6.07) is 0. The molecule has 0 radical (unpaired) electrons. The predicted octanol–water partition coefficient (Wildman–Crippen LogP) is 0.168. The average Bonchev–Trinajstić information content (AvgIpc) is 1.63. The Bertz CT molecular complexity index is 124. The number of nitrogens with zero attached hydrogens (tertiary/aromatic N) is 1. The van der Waals surface area contributed by atoms with E-state index in [9.17, 15) is 0 Å². The number of rotatable bonds is 2. The topological polar surface area (TPSA) is 55.3 Å². The molecule has 0 saturated heterocycles. The SMILES string of the molecule is C/C=C\C(N)=C/N(C)N. The minimum absolute atomic E-state index is 0.655. The van der Waals surface area contributed by atoms with Gasteiger partial charge in [0.05, 0.1) is 0 Å². The molecule has 0 saturated carbocycles. The minimum atomic E-state index is 0.655. The van der Waals surface area contributed by atoms with Crippen molar-refractivity contribution < 1.29 is 0 Å². The molecule has 0 aliphatic carbocycles. The molecule has 0 fully saturated rings. The highest BCUT2D eigenvalue weighted by Gasteiger charge is 1.80. The lowest BCUT2D eigenvalue weighted by Gasteiger charge is -2.03.